The molecule has 12 heteroatoms. The SMILES string of the molecule is C[Si](C)(C)CCOCn1nccc1C1CCCN(C(=O)OCCF)C1COC1CCC(c2c(F)ccc(F)c2F)CC1. The van der Waals surface area contributed by atoms with Gasteiger partial charge >= 0.3 is 6.09 Å². The summed E-state index contributed by atoms with van der Waals surface area (Å²) in [4.78, 5) is 14.6. The van der Waals surface area contributed by atoms with Gasteiger partial charge in [-0.15, -0.1) is 0 Å². The predicted molar refractivity (Wildman–Crippen MR) is 153 cm³/mol. The quantitative estimate of drug-likeness (QED) is 0.112. The zero-order valence-electron chi connectivity index (χ0n) is 24.8. The Kier molecular flexibility index (Phi) is 11.5. The molecule has 2 fully saturated rings. The second-order valence-corrected chi connectivity index (χ2v) is 18.1. The molecule has 1 saturated carbocycles. The lowest BCUT2D eigenvalue weighted by Crippen LogP contribution is -2.51. The van der Waals surface area contributed by atoms with Crippen LogP contribution >= 0.6 is 0 Å². The summed E-state index contributed by atoms with van der Waals surface area (Å²) in [5.41, 5.74) is 0.739. The minimum atomic E-state index is -1.24. The predicted octanol–water partition coefficient (Wildman–Crippen LogP) is 7.01. The van der Waals surface area contributed by atoms with Gasteiger partial charge in [-0.05, 0) is 68.7 Å². The summed E-state index contributed by atoms with van der Waals surface area (Å²) in [7, 11) is -1.24. The summed E-state index contributed by atoms with van der Waals surface area (Å²) in [6.45, 7) is 7.45. The van der Waals surface area contributed by atoms with E-state index in [0.717, 1.165) is 36.7 Å². The molecular formula is C30H43F4N3O4Si. The first-order chi connectivity index (χ1) is 20.1. The van der Waals surface area contributed by atoms with Crippen LogP contribution in [0.3, 0.4) is 0 Å². The van der Waals surface area contributed by atoms with E-state index in [1.165, 1.54) is 0 Å². The monoisotopic (exact) mass is 613 g/mol. The largest absolute Gasteiger partial charge is 0.447 e. The van der Waals surface area contributed by atoms with E-state index in [-0.39, 0.29) is 36.8 Å². The van der Waals surface area contributed by atoms with Gasteiger partial charge in [0.1, 0.15) is 25.8 Å². The van der Waals surface area contributed by atoms with Crippen molar-refractivity contribution in [2.45, 2.75) is 94.9 Å². The van der Waals surface area contributed by atoms with Crippen molar-refractivity contribution in [2.24, 2.45) is 0 Å². The summed E-state index contributed by atoms with van der Waals surface area (Å²) in [6, 6.07) is 4.37. The summed E-state index contributed by atoms with van der Waals surface area (Å²) in [5, 5.41) is 4.48. The Morgan fingerprint density at radius 2 is 1.76 bits per heavy atom. The summed E-state index contributed by atoms with van der Waals surface area (Å²) >= 11 is 0. The van der Waals surface area contributed by atoms with Crippen LogP contribution in [0.15, 0.2) is 24.4 Å². The lowest BCUT2D eigenvalue weighted by Gasteiger charge is -2.41. The minimum Gasteiger partial charge on any atom is -0.447 e. The molecule has 7 nitrogen and oxygen atoms in total. The van der Waals surface area contributed by atoms with Gasteiger partial charge in [0, 0.05) is 44.6 Å². The maximum Gasteiger partial charge on any atom is 0.410 e. The van der Waals surface area contributed by atoms with Crippen molar-refractivity contribution in [3.63, 3.8) is 0 Å². The van der Waals surface area contributed by atoms with Crippen molar-refractivity contribution in [3.05, 3.63) is 53.1 Å². The van der Waals surface area contributed by atoms with Gasteiger partial charge in [0.25, 0.3) is 0 Å². The van der Waals surface area contributed by atoms with Crippen molar-refractivity contribution >= 4 is 14.2 Å². The van der Waals surface area contributed by atoms with E-state index in [2.05, 4.69) is 24.7 Å². The fourth-order valence-corrected chi connectivity index (χ4v) is 6.77. The molecule has 0 spiro atoms. The molecule has 2 aromatic rings. The number of alkyl halides is 1. The number of hydrogen-bond acceptors (Lipinski definition) is 5. The van der Waals surface area contributed by atoms with Crippen molar-refractivity contribution in [1.82, 2.24) is 14.7 Å². The molecule has 0 N–H and O–H groups in total. The van der Waals surface area contributed by atoms with Gasteiger partial charge < -0.3 is 19.1 Å². The topological polar surface area (TPSA) is 65.8 Å². The molecule has 1 aromatic carbocycles. The lowest BCUT2D eigenvalue weighted by molar-refractivity contribution is -0.0280. The number of carbonyl (C=O) groups is 1. The fraction of sp³-hybridized carbons (Fsp3) is 0.667. The molecule has 1 aromatic heterocycles. The molecule has 4 rings (SSSR count). The number of amides is 1. The van der Waals surface area contributed by atoms with Gasteiger partial charge in [0.2, 0.25) is 0 Å². The standard InChI is InChI=1S/C30H43F4N3O4Si/c1-42(2,3)18-17-39-20-37-26(12-14-35-37)23-5-4-15-36(30(38)40-16-13-31)27(23)19-41-22-8-6-21(7-9-22)28-24(32)10-11-25(33)29(28)34/h10-12,14,21-23,27H,4-9,13,15-20H2,1-3H3. The van der Waals surface area contributed by atoms with Gasteiger partial charge in [0.15, 0.2) is 11.6 Å². The second-order valence-electron chi connectivity index (χ2n) is 12.5. The third-order valence-corrected chi connectivity index (χ3v) is 10.0. The summed E-state index contributed by atoms with van der Waals surface area (Å²) in [5.74, 6) is -3.43. The normalized spacial score (nSPS) is 23.3. The van der Waals surface area contributed by atoms with E-state index in [1.54, 1.807) is 11.1 Å². The van der Waals surface area contributed by atoms with Crippen LogP contribution in [0.1, 0.15) is 61.6 Å². The van der Waals surface area contributed by atoms with E-state index in [9.17, 15) is 22.4 Å². The number of ether oxygens (including phenoxy) is 3. The number of carbonyl (C=O) groups excluding carboxylic acids is 1. The number of aromatic nitrogens is 2. The highest BCUT2D eigenvalue weighted by Crippen LogP contribution is 2.38. The van der Waals surface area contributed by atoms with E-state index in [4.69, 9.17) is 14.2 Å². The highest BCUT2D eigenvalue weighted by molar-refractivity contribution is 6.76. The van der Waals surface area contributed by atoms with Crippen LogP contribution < -0.4 is 0 Å². The number of rotatable bonds is 12. The number of piperidine rings is 1. The Morgan fingerprint density at radius 3 is 2.48 bits per heavy atom. The Morgan fingerprint density at radius 1 is 1.02 bits per heavy atom. The maximum absolute atomic E-state index is 14.4. The maximum atomic E-state index is 14.4. The molecule has 1 amide bonds. The van der Waals surface area contributed by atoms with Crippen LogP contribution in [0.4, 0.5) is 22.4 Å². The molecule has 1 aliphatic heterocycles. The third-order valence-electron chi connectivity index (χ3n) is 8.32. The van der Waals surface area contributed by atoms with Crippen LogP contribution in [-0.2, 0) is 20.9 Å². The smallest absolute Gasteiger partial charge is 0.410 e. The van der Waals surface area contributed by atoms with E-state index >= 15 is 0 Å². The molecule has 1 saturated heterocycles. The molecule has 2 aliphatic rings. The fourth-order valence-electron chi connectivity index (χ4n) is 6.01. The molecule has 234 valence electrons. The average molecular weight is 614 g/mol. The molecule has 2 unspecified atom stereocenters. The van der Waals surface area contributed by atoms with Gasteiger partial charge in [0.05, 0.1) is 18.8 Å². The number of benzene rings is 1. The van der Waals surface area contributed by atoms with Crippen LogP contribution in [0, 0.1) is 17.5 Å². The second kappa shape index (κ2) is 14.8. The van der Waals surface area contributed by atoms with Crippen LogP contribution in [0.25, 0.3) is 0 Å². The molecule has 0 radical (unpaired) electrons. The van der Waals surface area contributed by atoms with Crippen molar-refractivity contribution in [2.75, 3.05) is 33.0 Å². The molecule has 42 heavy (non-hydrogen) atoms. The Labute approximate surface area is 246 Å². The number of hydrogen-bond donors (Lipinski definition) is 0. The Hall–Kier alpha value is -2.44. The highest BCUT2D eigenvalue weighted by atomic mass is 28.3. The first-order valence-electron chi connectivity index (χ1n) is 14.9. The molecule has 2 atom stereocenters. The molecule has 2 heterocycles. The first-order valence-corrected chi connectivity index (χ1v) is 18.6. The summed E-state index contributed by atoms with van der Waals surface area (Å²) in [6.07, 6.45) is 4.52. The Balaban J connectivity index is 1.43. The van der Waals surface area contributed by atoms with E-state index < -0.39 is 44.2 Å². The molecular weight excluding hydrogens is 570 g/mol. The van der Waals surface area contributed by atoms with Gasteiger partial charge in [-0.3, -0.25) is 0 Å². The molecule has 0 bridgehead atoms. The van der Waals surface area contributed by atoms with Crippen molar-refractivity contribution in [1.29, 1.82) is 0 Å². The van der Waals surface area contributed by atoms with Crippen molar-refractivity contribution in [3.8, 4) is 0 Å². The number of nitrogens with zero attached hydrogens (tertiary/aromatic N) is 3. The first kappa shape index (κ1) is 32.5. The summed E-state index contributed by atoms with van der Waals surface area (Å²) < 4.78 is 74.6. The van der Waals surface area contributed by atoms with Gasteiger partial charge in [-0.1, -0.05) is 19.6 Å². The van der Waals surface area contributed by atoms with Gasteiger partial charge in [-0.2, -0.15) is 5.10 Å². The van der Waals surface area contributed by atoms with Crippen LogP contribution in [0.5, 0.6) is 0 Å². The van der Waals surface area contributed by atoms with Crippen molar-refractivity contribution < 1.29 is 36.6 Å². The average Bonchev–Trinajstić information content (AvgIpc) is 3.43. The highest BCUT2D eigenvalue weighted by Gasteiger charge is 2.39. The molecule has 1 aliphatic carbocycles. The van der Waals surface area contributed by atoms with Gasteiger partial charge in [-0.25, -0.2) is 27.0 Å². The zero-order valence-corrected chi connectivity index (χ0v) is 25.8. The number of halogens is 4. The Bertz CT molecular complexity index is 1170. The third kappa shape index (κ3) is 8.34. The van der Waals surface area contributed by atoms with Crippen LogP contribution in [-0.4, -0.2) is 74.0 Å². The minimum absolute atomic E-state index is 0.105. The lowest BCUT2D eigenvalue weighted by atomic mass is 9.82. The van der Waals surface area contributed by atoms with Crippen LogP contribution in [0.2, 0.25) is 25.7 Å². The number of likely N-dealkylation sites (tertiary alicyclic amines) is 1. The van der Waals surface area contributed by atoms with E-state index in [0.29, 0.717) is 45.6 Å². The zero-order chi connectivity index (χ0) is 30.3. The van der Waals surface area contributed by atoms with E-state index in [1.807, 2.05) is 10.7 Å².